The number of carbonyl (C=O) groups is 1. The maximum absolute atomic E-state index is 11.4. The Morgan fingerprint density at radius 2 is 2.19 bits per heavy atom. The molecule has 2 aromatic heterocycles. The number of imidazole rings is 1. The van der Waals surface area contributed by atoms with E-state index in [9.17, 15) is 9.59 Å². The number of nitrogens with one attached hydrogen (secondary N) is 3. The Morgan fingerprint density at radius 1 is 1.44 bits per heavy atom. The zero-order valence-corrected chi connectivity index (χ0v) is 9.10. The van der Waals surface area contributed by atoms with Gasteiger partial charge in [0, 0.05) is 0 Å². The topological polar surface area (TPSA) is 104 Å². The van der Waals surface area contributed by atoms with Crippen LogP contribution < -0.4 is 5.56 Å². The van der Waals surface area contributed by atoms with Crippen molar-refractivity contribution in [1.82, 2.24) is 19.9 Å². The number of aromatic amines is 3. The SMILES string of the molecule is CCOC(=O)c1nc2[nH]c(=S)[nH]c(=O)c2[nH]1. The van der Waals surface area contributed by atoms with E-state index in [0.29, 0.717) is 0 Å². The Labute approximate surface area is 93.9 Å². The molecule has 0 saturated heterocycles. The first-order valence-corrected chi connectivity index (χ1v) is 4.92. The summed E-state index contributed by atoms with van der Waals surface area (Å²) >= 11 is 4.77. The van der Waals surface area contributed by atoms with Crippen molar-refractivity contribution < 1.29 is 9.53 Å². The zero-order chi connectivity index (χ0) is 11.7. The molecular formula is C8H8N4O3S. The van der Waals surface area contributed by atoms with Crippen molar-refractivity contribution in [2.75, 3.05) is 6.61 Å². The predicted octanol–water partition coefficient (Wildman–Crippen LogP) is 0.485. The second kappa shape index (κ2) is 3.89. The van der Waals surface area contributed by atoms with E-state index < -0.39 is 11.5 Å². The van der Waals surface area contributed by atoms with Gasteiger partial charge in [0.2, 0.25) is 5.82 Å². The number of carbonyl (C=O) groups excluding carboxylic acids is 1. The molecule has 0 fully saturated rings. The van der Waals surface area contributed by atoms with Gasteiger partial charge in [0.15, 0.2) is 10.4 Å². The van der Waals surface area contributed by atoms with Crippen LogP contribution in [0.4, 0.5) is 0 Å². The Hall–Kier alpha value is -1.96. The summed E-state index contributed by atoms with van der Waals surface area (Å²) in [4.78, 5) is 34.3. The van der Waals surface area contributed by atoms with E-state index in [1.165, 1.54) is 0 Å². The Kier molecular flexibility index (Phi) is 2.57. The van der Waals surface area contributed by atoms with E-state index in [4.69, 9.17) is 17.0 Å². The fraction of sp³-hybridized carbons (Fsp3) is 0.250. The van der Waals surface area contributed by atoms with Crippen LogP contribution >= 0.6 is 12.2 Å². The molecule has 2 rings (SSSR count). The minimum atomic E-state index is -0.614. The molecule has 0 saturated carbocycles. The van der Waals surface area contributed by atoms with Gasteiger partial charge in [-0.1, -0.05) is 0 Å². The molecule has 3 N–H and O–H groups in total. The number of nitrogens with zero attached hydrogens (tertiary/aromatic N) is 1. The monoisotopic (exact) mass is 240 g/mol. The van der Waals surface area contributed by atoms with Crippen LogP contribution in [0.1, 0.15) is 17.5 Å². The van der Waals surface area contributed by atoms with E-state index in [1.54, 1.807) is 6.92 Å². The third-order valence-corrected chi connectivity index (χ3v) is 2.06. The quantitative estimate of drug-likeness (QED) is 0.523. The third kappa shape index (κ3) is 1.74. The molecule has 0 bridgehead atoms. The number of rotatable bonds is 2. The normalized spacial score (nSPS) is 10.6. The van der Waals surface area contributed by atoms with Gasteiger partial charge in [-0.05, 0) is 19.1 Å². The maximum Gasteiger partial charge on any atom is 0.374 e. The van der Waals surface area contributed by atoms with Gasteiger partial charge in [-0.3, -0.25) is 9.78 Å². The summed E-state index contributed by atoms with van der Waals surface area (Å²) in [6, 6.07) is 0. The maximum atomic E-state index is 11.4. The van der Waals surface area contributed by atoms with Gasteiger partial charge in [-0.2, -0.15) is 0 Å². The molecule has 0 aliphatic rings. The smallest absolute Gasteiger partial charge is 0.374 e. The van der Waals surface area contributed by atoms with Crippen LogP contribution in [0, 0.1) is 4.77 Å². The minimum absolute atomic E-state index is 0.0285. The first kappa shape index (κ1) is 10.6. The van der Waals surface area contributed by atoms with Crippen LogP contribution in [-0.2, 0) is 4.74 Å². The van der Waals surface area contributed by atoms with E-state index in [0.717, 1.165) is 0 Å². The van der Waals surface area contributed by atoms with Crippen LogP contribution in [0.2, 0.25) is 0 Å². The fourth-order valence-electron chi connectivity index (χ4n) is 1.23. The molecule has 0 radical (unpaired) electrons. The lowest BCUT2D eigenvalue weighted by Gasteiger charge is -1.95. The number of hydrogen-bond acceptors (Lipinski definition) is 5. The summed E-state index contributed by atoms with van der Waals surface area (Å²) in [7, 11) is 0. The first-order valence-electron chi connectivity index (χ1n) is 4.51. The average Bonchev–Trinajstić information content (AvgIpc) is 2.62. The third-order valence-electron chi connectivity index (χ3n) is 1.86. The average molecular weight is 240 g/mol. The van der Waals surface area contributed by atoms with Gasteiger partial charge < -0.3 is 14.7 Å². The van der Waals surface area contributed by atoms with Crippen molar-refractivity contribution in [2.45, 2.75) is 6.92 Å². The summed E-state index contributed by atoms with van der Waals surface area (Å²) in [6.07, 6.45) is 0. The van der Waals surface area contributed by atoms with Gasteiger partial charge in [-0.15, -0.1) is 0 Å². The van der Waals surface area contributed by atoms with Crippen molar-refractivity contribution in [3.8, 4) is 0 Å². The van der Waals surface area contributed by atoms with Gasteiger partial charge >= 0.3 is 5.97 Å². The van der Waals surface area contributed by atoms with Gasteiger partial charge in [-0.25, -0.2) is 9.78 Å². The Bertz CT molecular complexity index is 653. The molecule has 2 aromatic rings. The number of ether oxygens (including phenoxy) is 1. The molecule has 0 aromatic carbocycles. The number of aromatic nitrogens is 4. The van der Waals surface area contributed by atoms with E-state index >= 15 is 0 Å². The van der Waals surface area contributed by atoms with Crippen LogP contribution in [0.15, 0.2) is 4.79 Å². The number of esters is 1. The molecule has 0 aliphatic heterocycles. The highest BCUT2D eigenvalue weighted by Gasteiger charge is 2.14. The van der Waals surface area contributed by atoms with Crippen LogP contribution in [0.5, 0.6) is 0 Å². The van der Waals surface area contributed by atoms with Crippen molar-refractivity contribution in [3.05, 3.63) is 20.9 Å². The Morgan fingerprint density at radius 3 is 2.88 bits per heavy atom. The predicted molar refractivity (Wildman–Crippen MR) is 57.9 cm³/mol. The molecule has 0 amide bonds. The molecule has 0 atom stereocenters. The standard InChI is InChI=1S/C8H8N4O3S/c1-2-15-7(14)5-9-3-4(10-5)11-8(16)12-6(3)13/h2H2,1H3,(H3,9,10,11,12,13,16). The number of fused-ring (bicyclic) bond motifs is 1. The molecular weight excluding hydrogens is 232 g/mol. The second-order valence-electron chi connectivity index (χ2n) is 2.94. The van der Waals surface area contributed by atoms with E-state index in [-0.39, 0.29) is 28.4 Å². The summed E-state index contributed by atoms with van der Waals surface area (Å²) < 4.78 is 4.89. The zero-order valence-electron chi connectivity index (χ0n) is 8.29. The van der Waals surface area contributed by atoms with Gasteiger partial charge in [0.1, 0.15) is 5.52 Å². The van der Waals surface area contributed by atoms with Crippen LogP contribution in [0.25, 0.3) is 11.2 Å². The summed E-state index contributed by atoms with van der Waals surface area (Å²) in [5.41, 5.74) is -0.0322. The van der Waals surface area contributed by atoms with Gasteiger partial charge in [0.25, 0.3) is 5.56 Å². The molecule has 84 valence electrons. The Balaban J connectivity index is 2.60. The van der Waals surface area contributed by atoms with Crippen LogP contribution in [-0.4, -0.2) is 32.5 Å². The first-order chi connectivity index (χ1) is 7.61. The summed E-state index contributed by atoms with van der Waals surface area (Å²) in [6.45, 7) is 1.92. The van der Waals surface area contributed by atoms with E-state index in [1.807, 2.05) is 0 Å². The highest BCUT2D eigenvalue weighted by atomic mass is 32.1. The largest absolute Gasteiger partial charge is 0.460 e. The lowest BCUT2D eigenvalue weighted by Crippen LogP contribution is -2.08. The molecule has 8 heteroatoms. The van der Waals surface area contributed by atoms with Crippen molar-refractivity contribution in [2.24, 2.45) is 0 Å². The number of hydrogen-bond donors (Lipinski definition) is 3. The second-order valence-corrected chi connectivity index (χ2v) is 3.35. The van der Waals surface area contributed by atoms with Gasteiger partial charge in [0.05, 0.1) is 6.61 Å². The highest BCUT2D eigenvalue weighted by Crippen LogP contribution is 2.04. The minimum Gasteiger partial charge on any atom is -0.460 e. The molecule has 0 spiro atoms. The lowest BCUT2D eigenvalue weighted by molar-refractivity contribution is 0.0513. The summed E-state index contributed by atoms with van der Waals surface area (Å²) in [5, 5.41) is 0. The number of H-pyrrole nitrogens is 3. The van der Waals surface area contributed by atoms with Crippen LogP contribution in [0.3, 0.4) is 0 Å². The fourth-order valence-corrected chi connectivity index (χ4v) is 1.42. The molecule has 2 heterocycles. The lowest BCUT2D eigenvalue weighted by atomic mass is 10.5. The van der Waals surface area contributed by atoms with Crippen molar-refractivity contribution in [3.63, 3.8) is 0 Å². The molecule has 16 heavy (non-hydrogen) atoms. The molecule has 0 aliphatic carbocycles. The molecule has 7 nitrogen and oxygen atoms in total. The highest BCUT2D eigenvalue weighted by molar-refractivity contribution is 7.71. The van der Waals surface area contributed by atoms with Crippen molar-refractivity contribution >= 4 is 29.4 Å². The molecule has 0 unspecified atom stereocenters. The summed E-state index contributed by atoms with van der Waals surface area (Å²) in [5.74, 6) is -0.642. The van der Waals surface area contributed by atoms with Crippen molar-refractivity contribution in [1.29, 1.82) is 0 Å². The van der Waals surface area contributed by atoms with E-state index in [2.05, 4.69) is 19.9 Å².